The number of thioether (sulfide) groups is 1. The lowest BCUT2D eigenvalue weighted by molar-refractivity contribution is -0.116. The van der Waals surface area contributed by atoms with E-state index in [0.717, 1.165) is 48.5 Å². The molecule has 0 unspecified atom stereocenters. The van der Waals surface area contributed by atoms with E-state index in [1.165, 1.54) is 4.70 Å². The normalized spacial score (nSPS) is 11.2. The number of amides is 1. The van der Waals surface area contributed by atoms with E-state index in [2.05, 4.69) is 22.4 Å². The maximum absolute atomic E-state index is 12.6. The number of hydrogen-bond donors (Lipinski definition) is 1. The van der Waals surface area contributed by atoms with E-state index in [1.807, 2.05) is 60.7 Å². The van der Waals surface area contributed by atoms with Gasteiger partial charge in [0.2, 0.25) is 5.91 Å². The Kier molecular flexibility index (Phi) is 5.97. The third-order valence-electron chi connectivity index (χ3n) is 4.77. The number of para-hydroxylation sites is 3. The van der Waals surface area contributed by atoms with Crippen LogP contribution in [0.15, 0.2) is 77.1 Å². The predicted octanol–water partition coefficient (Wildman–Crippen LogP) is 7.08. The van der Waals surface area contributed by atoms with Crippen molar-refractivity contribution in [1.82, 2.24) is 9.97 Å². The number of carbonyl (C=O) groups is 1. The Morgan fingerprint density at radius 3 is 2.29 bits per heavy atom. The molecule has 3 aromatic carbocycles. The summed E-state index contributed by atoms with van der Waals surface area (Å²) in [4.78, 5) is 21.9. The molecule has 0 aliphatic heterocycles. The first-order valence-electron chi connectivity index (χ1n) is 9.99. The molecule has 4 nitrogen and oxygen atoms in total. The van der Waals surface area contributed by atoms with Gasteiger partial charge in [-0.05, 0) is 42.8 Å². The second-order valence-corrected chi connectivity index (χ2v) is 10.4. The summed E-state index contributed by atoms with van der Waals surface area (Å²) in [5, 5.41) is 4.00. The fraction of sp³-hybridized carbons (Fsp3) is 0.125. The van der Waals surface area contributed by atoms with Crippen molar-refractivity contribution in [1.29, 1.82) is 0 Å². The Hall–Kier alpha value is -2.74. The molecule has 0 atom stereocenters. The molecule has 2 heterocycles. The Morgan fingerprint density at radius 1 is 0.839 bits per heavy atom. The highest BCUT2D eigenvalue weighted by atomic mass is 32.2. The summed E-state index contributed by atoms with van der Waals surface area (Å²) in [5.74, 6) is 0.894. The van der Waals surface area contributed by atoms with Gasteiger partial charge in [-0.3, -0.25) is 4.79 Å². The molecule has 1 N–H and O–H groups in total. The Bertz CT molecular complexity index is 1290. The minimum Gasteiger partial charge on any atom is -0.325 e. The molecule has 1 amide bonds. The zero-order valence-corrected chi connectivity index (χ0v) is 19.0. The van der Waals surface area contributed by atoms with E-state index in [1.54, 1.807) is 34.4 Å². The van der Waals surface area contributed by atoms with E-state index in [-0.39, 0.29) is 5.91 Å². The number of nitrogens with one attached hydrogen (secondary N) is 1. The van der Waals surface area contributed by atoms with Gasteiger partial charge >= 0.3 is 0 Å². The fourth-order valence-corrected chi connectivity index (χ4v) is 6.37. The van der Waals surface area contributed by atoms with Crippen LogP contribution in [0.3, 0.4) is 0 Å². The molecule has 0 saturated heterocycles. The lowest BCUT2D eigenvalue weighted by Crippen LogP contribution is -2.12. The van der Waals surface area contributed by atoms with Gasteiger partial charge in [-0.2, -0.15) is 0 Å². The summed E-state index contributed by atoms with van der Waals surface area (Å²) >= 11 is 5.06. The van der Waals surface area contributed by atoms with Gasteiger partial charge in [0.15, 0.2) is 4.34 Å². The lowest BCUT2D eigenvalue weighted by Gasteiger charge is -2.09. The highest BCUT2D eigenvalue weighted by Gasteiger charge is 2.12. The third kappa shape index (κ3) is 4.63. The first-order chi connectivity index (χ1) is 15.3. The largest absolute Gasteiger partial charge is 0.325 e. The van der Waals surface area contributed by atoms with Gasteiger partial charge in [0, 0.05) is 17.7 Å². The summed E-state index contributed by atoms with van der Waals surface area (Å²) in [5.41, 5.74) is 3.79. The minimum absolute atomic E-state index is 0.0264. The molecule has 5 rings (SSSR count). The zero-order chi connectivity index (χ0) is 21.0. The molecule has 0 saturated carbocycles. The van der Waals surface area contributed by atoms with Crippen molar-refractivity contribution < 1.29 is 4.79 Å². The van der Waals surface area contributed by atoms with Crippen LogP contribution in [-0.4, -0.2) is 21.6 Å². The SMILES string of the molecule is O=C(CCCSc1nc2ccccc2s1)Nc1ccccc1-c1nc2ccccc2s1. The van der Waals surface area contributed by atoms with Crippen molar-refractivity contribution in [3.8, 4) is 10.6 Å². The quantitative estimate of drug-likeness (QED) is 0.208. The molecule has 0 aliphatic rings. The molecular weight excluding hydrogens is 442 g/mol. The summed E-state index contributed by atoms with van der Waals surface area (Å²) in [6, 6.07) is 24.1. The van der Waals surface area contributed by atoms with Crippen LogP contribution in [0.25, 0.3) is 31.0 Å². The number of carbonyl (C=O) groups excluding carboxylic acids is 1. The predicted molar refractivity (Wildman–Crippen MR) is 133 cm³/mol. The molecule has 0 spiro atoms. The number of thiazole rings is 2. The Labute approximate surface area is 192 Å². The zero-order valence-electron chi connectivity index (χ0n) is 16.6. The van der Waals surface area contributed by atoms with Crippen molar-refractivity contribution in [3.05, 3.63) is 72.8 Å². The van der Waals surface area contributed by atoms with Crippen molar-refractivity contribution in [2.24, 2.45) is 0 Å². The summed E-state index contributed by atoms with van der Waals surface area (Å²) < 4.78 is 3.41. The first kappa shape index (κ1) is 20.2. The van der Waals surface area contributed by atoms with Gasteiger partial charge in [-0.25, -0.2) is 9.97 Å². The van der Waals surface area contributed by atoms with Gasteiger partial charge in [0.25, 0.3) is 0 Å². The van der Waals surface area contributed by atoms with Gasteiger partial charge in [0.05, 0.1) is 26.1 Å². The number of hydrogen-bond acceptors (Lipinski definition) is 6. The van der Waals surface area contributed by atoms with Crippen LogP contribution in [0, 0.1) is 0 Å². The summed E-state index contributed by atoms with van der Waals surface area (Å²) in [6.07, 6.45) is 1.28. The molecule has 5 aromatic rings. The second kappa shape index (κ2) is 9.18. The monoisotopic (exact) mass is 461 g/mol. The molecule has 7 heteroatoms. The van der Waals surface area contributed by atoms with Gasteiger partial charge < -0.3 is 5.32 Å². The topological polar surface area (TPSA) is 54.9 Å². The molecule has 0 aliphatic carbocycles. The number of rotatable bonds is 7. The smallest absolute Gasteiger partial charge is 0.224 e. The minimum atomic E-state index is 0.0264. The number of benzene rings is 3. The molecular formula is C24H19N3OS3. The van der Waals surface area contributed by atoms with E-state index >= 15 is 0 Å². The number of anilines is 1. The highest BCUT2D eigenvalue weighted by molar-refractivity contribution is 8.01. The standard InChI is InChI=1S/C24H19N3OS3/c28-22(14-7-15-29-24-27-19-11-4-6-13-21(19)31-24)25-17-9-2-1-8-16(17)23-26-18-10-3-5-12-20(18)30-23/h1-6,8-13H,7,14-15H2,(H,25,28). The van der Waals surface area contributed by atoms with Crippen LogP contribution < -0.4 is 5.32 Å². The Balaban J connectivity index is 1.19. The number of fused-ring (bicyclic) bond motifs is 2. The molecule has 0 bridgehead atoms. The lowest BCUT2D eigenvalue weighted by atomic mass is 10.1. The number of nitrogens with zero attached hydrogens (tertiary/aromatic N) is 2. The fourth-order valence-electron chi connectivity index (χ4n) is 3.28. The van der Waals surface area contributed by atoms with Crippen LogP contribution in [-0.2, 0) is 4.79 Å². The second-order valence-electron chi connectivity index (χ2n) is 6.98. The van der Waals surface area contributed by atoms with Gasteiger partial charge in [-0.15, -0.1) is 22.7 Å². The molecule has 0 radical (unpaired) electrons. The highest BCUT2D eigenvalue weighted by Crippen LogP contribution is 2.34. The van der Waals surface area contributed by atoms with Crippen LogP contribution in [0.4, 0.5) is 5.69 Å². The Morgan fingerprint density at radius 2 is 1.52 bits per heavy atom. The first-order valence-corrected chi connectivity index (χ1v) is 12.6. The van der Waals surface area contributed by atoms with Crippen LogP contribution in [0.1, 0.15) is 12.8 Å². The molecule has 154 valence electrons. The van der Waals surface area contributed by atoms with Crippen molar-refractivity contribution in [2.75, 3.05) is 11.1 Å². The van der Waals surface area contributed by atoms with Crippen LogP contribution in [0.5, 0.6) is 0 Å². The van der Waals surface area contributed by atoms with Crippen LogP contribution >= 0.6 is 34.4 Å². The summed E-state index contributed by atoms with van der Waals surface area (Å²) in [6.45, 7) is 0. The third-order valence-corrected chi connectivity index (χ3v) is 8.11. The van der Waals surface area contributed by atoms with E-state index in [9.17, 15) is 4.79 Å². The average molecular weight is 462 g/mol. The van der Waals surface area contributed by atoms with Gasteiger partial charge in [0.1, 0.15) is 5.01 Å². The molecule has 0 fully saturated rings. The van der Waals surface area contributed by atoms with E-state index < -0.39 is 0 Å². The van der Waals surface area contributed by atoms with Crippen LogP contribution in [0.2, 0.25) is 0 Å². The van der Waals surface area contributed by atoms with E-state index in [0.29, 0.717) is 6.42 Å². The van der Waals surface area contributed by atoms with E-state index in [4.69, 9.17) is 4.98 Å². The van der Waals surface area contributed by atoms with Crippen molar-refractivity contribution in [2.45, 2.75) is 17.2 Å². The average Bonchev–Trinajstić information content (AvgIpc) is 3.40. The van der Waals surface area contributed by atoms with Gasteiger partial charge in [-0.1, -0.05) is 48.2 Å². The maximum atomic E-state index is 12.6. The summed E-state index contributed by atoms with van der Waals surface area (Å²) in [7, 11) is 0. The maximum Gasteiger partial charge on any atom is 0.224 e. The molecule has 2 aromatic heterocycles. The molecule has 31 heavy (non-hydrogen) atoms. The number of aromatic nitrogens is 2. The van der Waals surface area contributed by atoms with Crippen molar-refractivity contribution in [3.63, 3.8) is 0 Å². The van der Waals surface area contributed by atoms with Crippen molar-refractivity contribution >= 4 is 66.5 Å².